The van der Waals surface area contributed by atoms with Gasteiger partial charge in [-0.2, -0.15) is 5.10 Å². The molecule has 1 atom stereocenters. The number of fused-ring (bicyclic) bond motifs is 2. The Hall–Kier alpha value is -3.20. The molecule has 2 aliphatic rings. The molecule has 3 aromatic heterocycles. The number of aromatic nitrogens is 4. The number of nitrogens with one attached hydrogen (secondary N) is 2. The van der Waals surface area contributed by atoms with Crippen LogP contribution in [0.15, 0.2) is 36.8 Å². The smallest absolute Gasteiger partial charge is 0.255 e. The van der Waals surface area contributed by atoms with Crippen molar-refractivity contribution in [1.82, 2.24) is 30.2 Å². The van der Waals surface area contributed by atoms with E-state index in [0.717, 1.165) is 41.1 Å². The van der Waals surface area contributed by atoms with E-state index in [1.165, 1.54) is 6.20 Å². The van der Waals surface area contributed by atoms with Crippen LogP contribution in [0.4, 0.5) is 8.78 Å². The van der Waals surface area contributed by atoms with Gasteiger partial charge < -0.3 is 10.6 Å². The summed E-state index contributed by atoms with van der Waals surface area (Å²) >= 11 is 0. The van der Waals surface area contributed by atoms with E-state index in [1.807, 2.05) is 18.3 Å². The lowest BCUT2D eigenvalue weighted by Crippen LogP contribution is -2.28. The van der Waals surface area contributed by atoms with Crippen LogP contribution < -0.4 is 10.6 Å². The van der Waals surface area contributed by atoms with Gasteiger partial charge in [0.05, 0.1) is 29.5 Å². The van der Waals surface area contributed by atoms with Crippen molar-refractivity contribution < 1.29 is 13.6 Å². The van der Waals surface area contributed by atoms with Crippen LogP contribution in [0.2, 0.25) is 0 Å². The molecule has 7 nitrogen and oxygen atoms in total. The van der Waals surface area contributed by atoms with E-state index in [4.69, 9.17) is 4.98 Å². The third-order valence-electron chi connectivity index (χ3n) is 5.62. The highest BCUT2D eigenvalue weighted by atomic mass is 19.3. The molecule has 1 amide bonds. The SMILES string of the molecule is C[C@@H]1C=C(c2ccn3ncc(C(=O)NCC(F)F)c3c2)c2cnc(C3CC3)nc2CN1. The third kappa shape index (κ3) is 3.93. The molecule has 1 fully saturated rings. The van der Waals surface area contributed by atoms with Gasteiger partial charge in [0, 0.05) is 36.5 Å². The van der Waals surface area contributed by atoms with Crippen LogP contribution in [0.25, 0.3) is 11.1 Å². The fourth-order valence-corrected chi connectivity index (χ4v) is 3.83. The van der Waals surface area contributed by atoms with Gasteiger partial charge in [0.1, 0.15) is 5.82 Å². The number of hydrogen-bond acceptors (Lipinski definition) is 5. The summed E-state index contributed by atoms with van der Waals surface area (Å²) in [6.07, 6.45) is 6.83. The Morgan fingerprint density at radius 2 is 2.19 bits per heavy atom. The first-order chi connectivity index (χ1) is 15.0. The van der Waals surface area contributed by atoms with Gasteiger partial charge in [0.2, 0.25) is 0 Å². The van der Waals surface area contributed by atoms with Crippen LogP contribution in [0.3, 0.4) is 0 Å². The zero-order valence-corrected chi connectivity index (χ0v) is 17.0. The number of pyridine rings is 1. The van der Waals surface area contributed by atoms with E-state index in [9.17, 15) is 13.6 Å². The summed E-state index contributed by atoms with van der Waals surface area (Å²) in [5.74, 6) is 0.796. The highest BCUT2D eigenvalue weighted by molar-refractivity contribution is 6.01. The molecule has 160 valence electrons. The molecule has 0 radical (unpaired) electrons. The van der Waals surface area contributed by atoms with Crippen molar-refractivity contribution in [2.24, 2.45) is 0 Å². The maximum Gasteiger partial charge on any atom is 0.255 e. The summed E-state index contributed by atoms with van der Waals surface area (Å²) in [5, 5.41) is 9.88. The van der Waals surface area contributed by atoms with Crippen molar-refractivity contribution in [1.29, 1.82) is 0 Å². The van der Waals surface area contributed by atoms with E-state index < -0.39 is 18.9 Å². The topological polar surface area (TPSA) is 84.2 Å². The number of nitrogens with zero attached hydrogens (tertiary/aromatic N) is 4. The largest absolute Gasteiger partial charge is 0.346 e. The number of carbonyl (C=O) groups is 1. The Morgan fingerprint density at radius 3 is 2.97 bits per heavy atom. The summed E-state index contributed by atoms with van der Waals surface area (Å²) in [6, 6.07) is 3.89. The molecule has 2 N–H and O–H groups in total. The van der Waals surface area contributed by atoms with Crippen LogP contribution in [0.5, 0.6) is 0 Å². The molecule has 0 saturated heterocycles. The number of hydrogen-bond donors (Lipinski definition) is 2. The van der Waals surface area contributed by atoms with Gasteiger partial charge in [-0.3, -0.25) is 4.79 Å². The zero-order chi connectivity index (χ0) is 21.5. The normalized spacial score (nSPS) is 18.6. The van der Waals surface area contributed by atoms with Crippen molar-refractivity contribution in [3.8, 4) is 0 Å². The number of amides is 1. The fraction of sp³-hybridized carbons (Fsp3) is 0.364. The minimum absolute atomic E-state index is 0.114. The second-order valence-electron chi connectivity index (χ2n) is 8.02. The molecule has 1 aliphatic carbocycles. The van der Waals surface area contributed by atoms with Crippen molar-refractivity contribution in [2.75, 3.05) is 6.54 Å². The van der Waals surface area contributed by atoms with E-state index >= 15 is 0 Å². The molecule has 0 bridgehead atoms. The van der Waals surface area contributed by atoms with Crippen LogP contribution >= 0.6 is 0 Å². The molecule has 5 rings (SSSR count). The second-order valence-corrected chi connectivity index (χ2v) is 8.02. The third-order valence-corrected chi connectivity index (χ3v) is 5.62. The van der Waals surface area contributed by atoms with E-state index in [0.29, 0.717) is 18.0 Å². The fourth-order valence-electron chi connectivity index (χ4n) is 3.83. The van der Waals surface area contributed by atoms with Crippen LogP contribution in [-0.4, -0.2) is 44.5 Å². The minimum atomic E-state index is -2.61. The summed E-state index contributed by atoms with van der Waals surface area (Å²) in [6.45, 7) is 2.02. The van der Waals surface area contributed by atoms with Crippen molar-refractivity contribution in [3.05, 3.63) is 65.0 Å². The average Bonchev–Trinajstić information content (AvgIpc) is 3.55. The molecule has 0 spiro atoms. The summed E-state index contributed by atoms with van der Waals surface area (Å²) < 4.78 is 26.6. The number of rotatable bonds is 5. The average molecular weight is 424 g/mol. The molecule has 31 heavy (non-hydrogen) atoms. The Labute approximate surface area is 177 Å². The minimum Gasteiger partial charge on any atom is -0.346 e. The van der Waals surface area contributed by atoms with E-state index in [2.05, 4.69) is 33.7 Å². The molecule has 9 heteroatoms. The van der Waals surface area contributed by atoms with Gasteiger partial charge in [-0.05, 0) is 43.0 Å². The molecule has 1 aliphatic heterocycles. The molecule has 0 aromatic carbocycles. The molecule has 0 unspecified atom stereocenters. The number of alkyl halides is 2. The van der Waals surface area contributed by atoms with E-state index in [-0.39, 0.29) is 11.6 Å². The highest BCUT2D eigenvalue weighted by Crippen LogP contribution is 2.39. The monoisotopic (exact) mass is 424 g/mol. The van der Waals surface area contributed by atoms with Gasteiger partial charge in [0.15, 0.2) is 0 Å². The van der Waals surface area contributed by atoms with Crippen molar-refractivity contribution in [3.63, 3.8) is 0 Å². The maximum atomic E-state index is 12.5. The second kappa shape index (κ2) is 7.81. The van der Waals surface area contributed by atoms with Gasteiger partial charge in [-0.15, -0.1) is 0 Å². The molecule has 3 aromatic rings. The number of carbonyl (C=O) groups excluding carboxylic acids is 1. The Kier molecular flexibility index (Phi) is 4.97. The molecule has 4 heterocycles. The molecule has 1 saturated carbocycles. The quantitative estimate of drug-likeness (QED) is 0.658. The van der Waals surface area contributed by atoms with Gasteiger partial charge in [-0.1, -0.05) is 6.08 Å². The first kappa shape index (κ1) is 19.7. The van der Waals surface area contributed by atoms with E-state index in [1.54, 1.807) is 10.7 Å². The predicted octanol–water partition coefficient (Wildman–Crippen LogP) is 2.92. The summed E-state index contributed by atoms with van der Waals surface area (Å²) in [5.41, 5.74) is 4.56. The predicted molar refractivity (Wildman–Crippen MR) is 111 cm³/mol. The highest BCUT2D eigenvalue weighted by Gasteiger charge is 2.28. The van der Waals surface area contributed by atoms with Crippen molar-refractivity contribution >= 4 is 17.0 Å². The van der Waals surface area contributed by atoms with Gasteiger partial charge in [-0.25, -0.2) is 23.3 Å². The summed E-state index contributed by atoms with van der Waals surface area (Å²) in [7, 11) is 0. The first-order valence-corrected chi connectivity index (χ1v) is 10.3. The number of halogens is 2. The lowest BCUT2D eigenvalue weighted by atomic mass is 9.97. The van der Waals surface area contributed by atoms with Gasteiger partial charge >= 0.3 is 0 Å². The Morgan fingerprint density at radius 1 is 1.35 bits per heavy atom. The Balaban J connectivity index is 1.55. The Bertz CT molecular complexity index is 1180. The standard InChI is InChI=1S/C22H22F2N6O/c1-12-6-15(16-8-26-21(13-2-3-13)29-18(16)10-25-12)14-4-5-30-19(7-14)17(9-28-30)22(31)27-11-20(23)24/h4-9,12-13,20,25H,2-3,10-11H2,1H3,(H,27,31)/t12-/m1/s1. The lowest BCUT2D eigenvalue weighted by molar-refractivity contribution is 0.0893. The maximum absolute atomic E-state index is 12.5. The van der Waals surface area contributed by atoms with Crippen molar-refractivity contribution in [2.45, 2.75) is 44.7 Å². The summed E-state index contributed by atoms with van der Waals surface area (Å²) in [4.78, 5) is 21.8. The molecular formula is C22H22F2N6O. The zero-order valence-electron chi connectivity index (χ0n) is 17.0. The first-order valence-electron chi connectivity index (χ1n) is 10.3. The van der Waals surface area contributed by atoms with Crippen LogP contribution in [-0.2, 0) is 6.54 Å². The van der Waals surface area contributed by atoms with Gasteiger partial charge in [0.25, 0.3) is 12.3 Å². The molecular weight excluding hydrogens is 402 g/mol. The van der Waals surface area contributed by atoms with Crippen LogP contribution in [0, 0.1) is 0 Å². The van der Waals surface area contributed by atoms with Crippen LogP contribution in [0.1, 0.15) is 58.7 Å². The lowest BCUT2D eigenvalue weighted by Gasteiger charge is -2.12.